The van der Waals surface area contributed by atoms with Gasteiger partial charge in [0.25, 0.3) is 0 Å². The molecule has 94 valence electrons. The van der Waals surface area contributed by atoms with Crippen LogP contribution in [0.4, 0.5) is 0 Å². The fraction of sp³-hybridized carbons (Fsp3) is 0.750. The van der Waals surface area contributed by atoms with Crippen LogP contribution in [0.5, 0.6) is 0 Å². The monoisotopic (exact) mass is 253 g/mol. The van der Waals surface area contributed by atoms with Gasteiger partial charge >= 0.3 is 7.12 Å². The molecule has 1 aliphatic heterocycles. The summed E-state index contributed by atoms with van der Waals surface area (Å²) in [6.07, 6.45) is 0. The van der Waals surface area contributed by atoms with Crippen LogP contribution in [-0.4, -0.2) is 23.3 Å². The predicted octanol–water partition coefficient (Wildman–Crippen LogP) is 2.57. The minimum atomic E-state index is -0.330. The van der Waals surface area contributed by atoms with Crippen LogP contribution in [0, 0.1) is 0 Å². The lowest BCUT2D eigenvalue weighted by atomic mass is 9.86. The maximum atomic E-state index is 5.97. The molecule has 0 atom stereocenters. The zero-order valence-electron chi connectivity index (χ0n) is 11.4. The van der Waals surface area contributed by atoms with E-state index in [4.69, 9.17) is 9.31 Å². The van der Waals surface area contributed by atoms with Crippen LogP contribution in [0.1, 0.15) is 52.5 Å². The maximum Gasteiger partial charge on any atom is 0.515 e. The van der Waals surface area contributed by atoms with Crippen molar-refractivity contribution >= 4 is 24.0 Å². The Morgan fingerprint density at radius 1 is 1.18 bits per heavy atom. The average Bonchev–Trinajstić information content (AvgIpc) is 2.70. The lowest BCUT2D eigenvalue weighted by Crippen LogP contribution is -2.41. The Kier molecular flexibility index (Phi) is 3.13. The Labute approximate surface area is 108 Å². The average molecular weight is 253 g/mol. The number of hydrogen-bond donors (Lipinski definition) is 0. The normalized spacial score (nSPS) is 22.4. The van der Waals surface area contributed by atoms with Gasteiger partial charge in [0.2, 0.25) is 0 Å². The molecule has 0 saturated carbocycles. The Bertz CT molecular complexity index is 398. The molecule has 5 heteroatoms. The van der Waals surface area contributed by atoms with Gasteiger partial charge in [-0.25, -0.2) is 4.98 Å². The lowest BCUT2D eigenvalue weighted by Gasteiger charge is -2.32. The summed E-state index contributed by atoms with van der Waals surface area (Å²) in [6, 6.07) is 0. The molecule has 0 unspecified atom stereocenters. The molecule has 0 aliphatic carbocycles. The SMILES string of the molecule is CC(C)c1nc(B2OC(C)(C)C(C)(C)O2)cs1. The van der Waals surface area contributed by atoms with Gasteiger partial charge < -0.3 is 9.31 Å². The number of aromatic nitrogens is 1. The van der Waals surface area contributed by atoms with Gasteiger partial charge in [0.1, 0.15) is 0 Å². The molecular formula is C12H20BNO2S. The summed E-state index contributed by atoms with van der Waals surface area (Å²) in [5, 5.41) is 3.17. The van der Waals surface area contributed by atoms with Crippen LogP contribution in [-0.2, 0) is 9.31 Å². The molecular weight excluding hydrogens is 233 g/mol. The summed E-state index contributed by atoms with van der Waals surface area (Å²) >= 11 is 1.67. The van der Waals surface area contributed by atoms with Crippen molar-refractivity contribution in [3.63, 3.8) is 0 Å². The van der Waals surface area contributed by atoms with E-state index in [1.54, 1.807) is 11.3 Å². The fourth-order valence-electron chi connectivity index (χ4n) is 1.64. The summed E-state index contributed by atoms with van der Waals surface area (Å²) < 4.78 is 11.9. The second kappa shape index (κ2) is 4.07. The van der Waals surface area contributed by atoms with Crippen molar-refractivity contribution in [1.29, 1.82) is 0 Å². The van der Waals surface area contributed by atoms with Gasteiger partial charge in [-0.2, -0.15) is 0 Å². The highest BCUT2D eigenvalue weighted by Crippen LogP contribution is 2.36. The minimum absolute atomic E-state index is 0.292. The molecule has 2 heterocycles. The molecule has 1 fully saturated rings. The van der Waals surface area contributed by atoms with E-state index in [1.165, 1.54) is 0 Å². The van der Waals surface area contributed by atoms with Gasteiger partial charge in [0.05, 0.1) is 21.8 Å². The van der Waals surface area contributed by atoms with Crippen LogP contribution < -0.4 is 5.59 Å². The number of nitrogens with zero attached hydrogens (tertiary/aromatic N) is 1. The fourth-order valence-corrected chi connectivity index (χ4v) is 2.47. The van der Waals surface area contributed by atoms with Crippen LogP contribution in [0.2, 0.25) is 0 Å². The van der Waals surface area contributed by atoms with E-state index < -0.39 is 0 Å². The van der Waals surface area contributed by atoms with Crippen molar-refractivity contribution in [2.75, 3.05) is 0 Å². The number of hydrogen-bond acceptors (Lipinski definition) is 4. The first-order valence-corrected chi connectivity index (χ1v) is 6.92. The third-order valence-corrected chi connectivity index (χ3v) is 4.69. The largest absolute Gasteiger partial charge is 0.515 e. The van der Waals surface area contributed by atoms with Crippen LogP contribution in [0.25, 0.3) is 0 Å². The van der Waals surface area contributed by atoms with E-state index in [2.05, 4.69) is 46.5 Å². The van der Waals surface area contributed by atoms with Crippen molar-refractivity contribution < 1.29 is 9.31 Å². The first-order valence-electron chi connectivity index (χ1n) is 6.04. The molecule has 0 bridgehead atoms. The summed E-state index contributed by atoms with van der Waals surface area (Å²) in [5.41, 5.74) is 0.316. The molecule has 0 aromatic carbocycles. The molecule has 0 amide bonds. The zero-order chi connectivity index (χ0) is 12.8. The molecule has 1 aromatic rings. The van der Waals surface area contributed by atoms with Gasteiger partial charge in [-0.3, -0.25) is 0 Å². The molecule has 2 rings (SSSR count). The topological polar surface area (TPSA) is 31.4 Å². The zero-order valence-corrected chi connectivity index (χ0v) is 12.2. The Hall–Kier alpha value is -0.385. The van der Waals surface area contributed by atoms with E-state index in [0.29, 0.717) is 5.92 Å². The molecule has 1 aliphatic rings. The van der Waals surface area contributed by atoms with Gasteiger partial charge in [0.15, 0.2) is 0 Å². The van der Waals surface area contributed by atoms with E-state index in [-0.39, 0.29) is 18.3 Å². The molecule has 1 saturated heterocycles. The quantitative estimate of drug-likeness (QED) is 0.759. The third kappa shape index (κ3) is 2.28. The van der Waals surface area contributed by atoms with Gasteiger partial charge in [-0.1, -0.05) is 13.8 Å². The Morgan fingerprint density at radius 3 is 2.12 bits per heavy atom. The van der Waals surface area contributed by atoms with Crippen molar-refractivity contribution in [3.05, 3.63) is 10.4 Å². The summed E-state index contributed by atoms with van der Waals surface area (Å²) in [4.78, 5) is 4.59. The molecule has 0 spiro atoms. The molecule has 0 radical (unpaired) electrons. The Balaban J connectivity index is 2.20. The van der Waals surface area contributed by atoms with Crippen molar-refractivity contribution in [2.45, 2.75) is 58.7 Å². The molecule has 1 aromatic heterocycles. The number of thiazole rings is 1. The van der Waals surface area contributed by atoms with Crippen molar-refractivity contribution in [2.24, 2.45) is 0 Å². The third-order valence-electron chi connectivity index (χ3n) is 3.53. The summed E-state index contributed by atoms with van der Waals surface area (Å²) in [5.74, 6) is 0.455. The molecule has 17 heavy (non-hydrogen) atoms. The molecule has 3 nitrogen and oxygen atoms in total. The van der Waals surface area contributed by atoms with Gasteiger partial charge in [-0.15, -0.1) is 11.3 Å². The second-order valence-corrected chi connectivity index (χ2v) is 6.74. The van der Waals surface area contributed by atoms with E-state index in [9.17, 15) is 0 Å². The maximum absolute atomic E-state index is 5.97. The standard InChI is InChI=1S/C12H20BNO2S/c1-8(2)10-14-9(7-17-10)13-15-11(3,4)12(5,6)16-13/h7-8H,1-6H3. The van der Waals surface area contributed by atoms with Crippen molar-refractivity contribution in [3.8, 4) is 0 Å². The van der Waals surface area contributed by atoms with Crippen LogP contribution in [0.3, 0.4) is 0 Å². The van der Waals surface area contributed by atoms with Gasteiger partial charge in [0, 0.05) is 11.3 Å². The summed E-state index contributed by atoms with van der Waals surface area (Å²) in [6.45, 7) is 12.5. The number of rotatable bonds is 2. The minimum Gasteiger partial charge on any atom is -0.398 e. The smallest absolute Gasteiger partial charge is 0.398 e. The lowest BCUT2D eigenvalue weighted by molar-refractivity contribution is 0.00578. The van der Waals surface area contributed by atoms with Crippen LogP contribution in [0.15, 0.2) is 5.38 Å². The predicted molar refractivity (Wildman–Crippen MR) is 71.9 cm³/mol. The van der Waals surface area contributed by atoms with Gasteiger partial charge in [-0.05, 0) is 27.7 Å². The highest BCUT2D eigenvalue weighted by atomic mass is 32.1. The first kappa shape index (κ1) is 13.1. The molecule has 0 N–H and O–H groups in total. The van der Waals surface area contributed by atoms with E-state index >= 15 is 0 Å². The van der Waals surface area contributed by atoms with Crippen molar-refractivity contribution in [1.82, 2.24) is 4.98 Å². The Morgan fingerprint density at radius 2 is 1.71 bits per heavy atom. The van der Waals surface area contributed by atoms with Crippen LogP contribution >= 0.6 is 11.3 Å². The summed E-state index contributed by atoms with van der Waals surface area (Å²) in [7, 11) is -0.330. The highest BCUT2D eigenvalue weighted by molar-refractivity contribution is 7.10. The van der Waals surface area contributed by atoms with E-state index in [0.717, 1.165) is 10.6 Å². The highest BCUT2D eigenvalue weighted by Gasteiger charge is 2.52. The second-order valence-electron chi connectivity index (χ2n) is 5.85. The first-order chi connectivity index (χ1) is 7.73. The van der Waals surface area contributed by atoms with E-state index in [1.807, 2.05) is 5.38 Å².